The second kappa shape index (κ2) is 5.37. The number of benzene rings is 1. The fourth-order valence-corrected chi connectivity index (χ4v) is 5.96. The monoisotopic (exact) mass is 323 g/mol. The van der Waals surface area contributed by atoms with E-state index in [-0.39, 0.29) is 11.7 Å². The molecule has 6 rings (SSSR count). The number of ether oxygens (including phenoxy) is 1. The average Bonchev–Trinajstić information content (AvgIpc) is 2.75. The maximum Gasteiger partial charge on any atom is 0.414 e. The Morgan fingerprint density at radius 2 is 1.71 bits per heavy atom. The Morgan fingerprint density at radius 3 is 2.42 bits per heavy atom. The predicted molar refractivity (Wildman–Crippen MR) is 93.3 cm³/mol. The topological polar surface area (TPSA) is 29.5 Å². The maximum absolute atomic E-state index is 12.8. The summed E-state index contributed by atoms with van der Waals surface area (Å²) < 4.78 is 6.18. The van der Waals surface area contributed by atoms with E-state index in [9.17, 15) is 4.79 Å². The lowest BCUT2D eigenvalue weighted by Crippen LogP contribution is -2.53. The normalized spacial score (nSPS) is 36.3. The second-order valence-corrected chi connectivity index (χ2v) is 8.43. The highest BCUT2D eigenvalue weighted by Gasteiger charge is 2.53. The van der Waals surface area contributed by atoms with Crippen molar-refractivity contribution in [3.63, 3.8) is 0 Å². The van der Waals surface area contributed by atoms with Crippen LogP contribution in [0.15, 0.2) is 30.5 Å². The number of hydrogen-bond donors (Lipinski definition) is 0. The minimum absolute atomic E-state index is 0.138. The zero-order valence-electron chi connectivity index (χ0n) is 14.1. The van der Waals surface area contributed by atoms with Gasteiger partial charge in [0.25, 0.3) is 0 Å². The van der Waals surface area contributed by atoms with E-state index in [1.807, 2.05) is 18.3 Å². The number of amides is 1. The van der Waals surface area contributed by atoms with Crippen LogP contribution < -0.4 is 0 Å². The smallest absolute Gasteiger partial charge is 0.414 e. The third kappa shape index (κ3) is 2.45. The average molecular weight is 323 g/mol. The van der Waals surface area contributed by atoms with Crippen LogP contribution in [0.5, 0.6) is 0 Å². The van der Waals surface area contributed by atoms with E-state index >= 15 is 0 Å². The van der Waals surface area contributed by atoms with Crippen LogP contribution in [0, 0.1) is 17.8 Å². The number of hydrogen-bond acceptors (Lipinski definition) is 2. The first-order valence-electron chi connectivity index (χ1n) is 9.45. The van der Waals surface area contributed by atoms with E-state index in [0.29, 0.717) is 6.54 Å². The van der Waals surface area contributed by atoms with Gasteiger partial charge in [-0.3, -0.25) is 4.90 Å². The largest absolute Gasteiger partial charge is 0.443 e. The van der Waals surface area contributed by atoms with Crippen molar-refractivity contribution in [3.8, 4) is 0 Å². The molecule has 0 spiro atoms. The molecule has 1 aromatic rings. The molecule has 1 heterocycles. The summed E-state index contributed by atoms with van der Waals surface area (Å²) >= 11 is 0. The van der Waals surface area contributed by atoms with Crippen molar-refractivity contribution in [2.24, 2.45) is 17.8 Å². The first-order chi connectivity index (χ1) is 11.7. The molecule has 0 N–H and O–H groups in total. The molecule has 4 saturated carbocycles. The van der Waals surface area contributed by atoms with Crippen LogP contribution in [0.3, 0.4) is 0 Å². The van der Waals surface area contributed by atoms with Crippen LogP contribution >= 0.6 is 0 Å². The van der Waals surface area contributed by atoms with Gasteiger partial charge in [-0.1, -0.05) is 24.3 Å². The molecule has 0 aromatic heterocycles. The quantitative estimate of drug-likeness (QED) is 0.754. The molecule has 126 valence electrons. The Hall–Kier alpha value is -1.77. The van der Waals surface area contributed by atoms with Crippen molar-refractivity contribution in [1.29, 1.82) is 0 Å². The van der Waals surface area contributed by atoms with Crippen LogP contribution in [0.1, 0.15) is 49.7 Å². The van der Waals surface area contributed by atoms with Crippen LogP contribution in [0.4, 0.5) is 4.79 Å². The van der Waals surface area contributed by atoms with Gasteiger partial charge in [0.2, 0.25) is 0 Å². The SMILES string of the molecule is O=C(OC12CC3CC(CC(C3)C1)C2)N1C=Cc2ccccc2CC1. The zero-order chi connectivity index (χ0) is 16.1. The van der Waals surface area contributed by atoms with Gasteiger partial charge in [0.1, 0.15) is 5.60 Å². The lowest BCUT2D eigenvalue weighted by molar-refractivity contribution is -0.131. The summed E-state index contributed by atoms with van der Waals surface area (Å²) in [6.07, 6.45) is 12.1. The Balaban J connectivity index is 1.31. The minimum Gasteiger partial charge on any atom is -0.443 e. The standard InChI is InChI=1S/C21H25NO2/c23-20(22-7-5-18-3-1-2-4-19(18)6-8-22)24-21-12-15-9-16(13-21)11-17(10-15)14-21/h1-5,7,15-17H,6,8-14H2. The van der Waals surface area contributed by atoms with Gasteiger partial charge >= 0.3 is 6.09 Å². The van der Waals surface area contributed by atoms with Gasteiger partial charge in [0.05, 0.1) is 0 Å². The highest BCUT2D eigenvalue weighted by Crippen LogP contribution is 2.57. The van der Waals surface area contributed by atoms with Crippen molar-refractivity contribution in [2.45, 2.75) is 50.5 Å². The molecule has 0 atom stereocenters. The number of fused-ring (bicyclic) bond motifs is 1. The lowest BCUT2D eigenvalue weighted by atomic mass is 9.54. The fraction of sp³-hybridized carbons (Fsp3) is 0.571. The van der Waals surface area contributed by atoms with Gasteiger partial charge < -0.3 is 4.74 Å². The van der Waals surface area contributed by atoms with Crippen LogP contribution in [0.2, 0.25) is 0 Å². The summed E-state index contributed by atoms with van der Waals surface area (Å²) in [5.41, 5.74) is 2.36. The summed E-state index contributed by atoms with van der Waals surface area (Å²) in [6.45, 7) is 0.707. The van der Waals surface area contributed by atoms with Gasteiger partial charge in [-0.25, -0.2) is 4.79 Å². The van der Waals surface area contributed by atoms with E-state index in [1.165, 1.54) is 30.4 Å². The Labute approximate surface area is 143 Å². The van der Waals surface area contributed by atoms with E-state index in [0.717, 1.165) is 43.4 Å². The molecule has 1 amide bonds. The zero-order valence-corrected chi connectivity index (χ0v) is 14.1. The molecular weight excluding hydrogens is 298 g/mol. The van der Waals surface area contributed by atoms with Gasteiger partial charge in [-0.2, -0.15) is 0 Å². The summed E-state index contributed by atoms with van der Waals surface area (Å²) in [6, 6.07) is 8.37. The predicted octanol–water partition coefficient (Wildman–Crippen LogP) is 4.62. The Bertz CT molecular complexity index is 658. The molecule has 4 fully saturated rings. The second-order valence-electron chi connectivity index (χ2n) is 8.43. The summed E-state index contributed by atoms with van der Waals surface area (Å²) in [7, 11) is 0. The van der Waals surface area contributed by atoms with Crippen molar-refractivity contribution in [1.82, 2.24) is 4.90 Å². The molecule has 3 heteroatoms. The number of carbonyl (C=O) groups excluding carboxylic acids is 1. The minimum atomic E-state index is -0.154. The molecular formula is C21H25NO2. The summed E-state index contributed by atoms with van der Waals surface area (Å²) in [5.74, 6) is 2.40. The van der Waals surface area contributed by atoms with Crippen molar-refractivity contribution < 1.29 is 9.53 Å². The molecule has 1 aliphatic heterocycles. The highest BCUT2D eigenvalue weighted by molar-refractivity contribution is 5.72. The van der Waals surface area contributed by atoms with Gasteiger partial charge in [0.15, 0.2) is 0 Å². The summed E-state index contributed by atoms with van der Waals surface area (Å²) in [4.78, 5) is 14.6. The molecule has 5 aliphatic rings. The van der Waals surface area contributed by atoms with Crippen molar-refractivity contribution >= 4 is 12.2 Å². The molecule has 4 bridgehead atoms. The first kappa shape index (κ1) is 14.6. The van der Waals surface area contributed by atoms with Gasteiger partial charge in [-0.05, 0) is 79.9 Å². The first-order valence-corrected chi connectivity index (χ1v) is 9.45. The van der Waals surface area contributed by atoms with Gasteiger partial charge in [-0.15, -0.1) is 0 Å². The number of rotatable bonds is 1. The molecule has 3 nitrogen and oxygen atoms in total. The fourth-order valence-electron chi connectivity index (χ4n) is 5.96. The van der Waals surface area contributed by atoms with Crippen LogP contribution in [-0.4, -0.2) is 23.1 Å². The molecule has 4 aliphatic carbocycles. The van der Waals surface area contributed by atoms with Gasteiger partial charge in [0, 0.05) is 12.7 Å². The maximum atomic E-state index is 12.8. The van der Waals surface area contributed by atoms with Crippen LogP contribution in [0.25, 0.3) is 6.08 Å². The lowest BCUT2D eigenvalue weighted by Gasteiger charge is -2.55. The third-order valence-electron chi connectivity index (χ3n) is 6.63. The summed E-state index contributed by atoms with van der Waals surface area (Å²) in [5, 5.41) is 0. The highest BCUT2D eigenvalue weighted by atomic mass is 16.6. The van der Waals surface area contributed by atoms with Crippen molar-refractivity contribution in [2.75, 3.05) is 6.54 Å². The Morgan fingerprint density at radius 1 is 1.04 bits per heavy atom. The van der Waals surface area contributed by atoms with Crippen molar-refractivity contribution in [3.05, 3.63) is 41.6 Å². The number of carbonyl (C=O) groups is 1. The van der Waals surface area contributed by atoms with E-state index < -0.39 is 0 Å². The molecule has 0 saturated heterocycles. The Kier molecular flexibility index (Phi) is 3.26. The third-order valence-corrected chi connectivity index (χ3v) is 6.63. The van der Waals surface area contributed by atoms with E-state index in [4.69, 9.17) is 4.74 Å². The number of nitrogens with zero attached hydrogens (tertiary/aromatic N) is 1. The molecule has 1 aromatic carbocycles. The van der Waals surface area contributed by atoms with E-state index in [2.05, 4.69) is 18.2 Å². The molecule has 24 heavy (non-hydrogen) atoms. The van der Waals surface area contributed by atoms with E-state index in [1.54, 1.807) is 4.90 Å². The van der Waals surface area contributed by atoms with Crippen LogP contribution in [-0.2, 0) is 11.2 Å². The molecule has 0 radical (unpaired) electrons. The molecule has 0 unspecified atom stereocenters.